The fraction of sp³-hybridized carbons (Fsp3) is 0.375. The molecule has 0 bridgehead atoms. The normalized spacial score (nSPS) is 13.2. The van der Waals surface area contributed by atoms with Crippen LogP contribution < -0.4 is 20.1 Å². The maximum absolute atomic E-state index is 11.7. The minimum absolute atomic E-state index is 0.0810. The van der Waals surface area contributed by atoms with Crippen LogP contribution in [0.1, 0.15) is 26.3 Å². The van der Waals surface area contributed by atoms with Crippen LogP contribution in [-0.2, 0) is 9.59 Å². The van der Waals surface area contributed by atoms with E-state index in [2.05, 4.69) is 10.6 Å². The molecule has 6 nitrogen and oxygen atoms in total. The van der Waals surface area contributed by atoms with E-state index in [0.717, 1.165) is 0 Å². The van der Waals surface area contributed by atoms with Crippen molar-refractivity contribution >= 4 is 29.5 Å². The van der Waals surface area contributed by atoms with Crippen LogP contribution in [0.2, 0.25) is 5.02 Å². The van der Waals surface area contributed by atoms with Gasteiger partial charge in [0.25, 0.3) is 0 Å². The van der Waals surface area contributed by atoms with Gasteiger partial charge < -0.3 is 20.1 Å². The molecule has 1 aromatic rings. The molecule has 0 aromatic heterocycles. The maximum Gasteiger partial charge on any atom is 0.244 e. The predicted molar refractivity (Wildman–Crippen MR) is 87.5 cm³/mol. The zero-order valence-corrected chi connectivity index (χ0v) is 14.0. The van der Waals surface area contributed by atoms with Gasteiger partial charge in [0.05, 0.1) is 11.6 Å². The first-order valence-electron chi connectivity index (χ1n) is 7.11. The number of hydrogen-bond acceptors (Lipinski definition) is 4. The lowest BCUT2D eigenvalue weighted by molar-refractivity contribution is -0.124. The van der Waals surface area contributed by atoms with Crippen molar-refractivity contribution in [3.8, 4) is 11.5 Å². The van der Waals surface area contributed by atoms with Crippen LogP contribution >= 0.6 is 11.6 Å². The van der Waals surface area contributed by atoms with Gasteiger partial charge in [-0.1, -0.05) is 11.6 Å². The summed E-state index contributed by atoms with van der Waals surface area (Å²) < 4.78 is 10.5. The highest BCUT2D eigenvalue weighted by Crippen LogP contribution is 2.39. The molecule has 23 heavy (non-hydrogen) atoms. The zero-order valence-electron chi connectivity index (χ0n) is 13.2. The van der Waals surface area contributed by atoms with Crippen LogP contribution in [0.5, 0.6) is 11.5 Å². The van der Waals surface area contributed by atoms with Crippen LogP contribution in [0.4, 0.5) is 0 Å². The van der Waals surface area contributed by atoms with Crippen molar-refractivity contribution in [2.24, 2.45) is 0 Å². The Kier molecular flexibility index (Phi) is 5.15. The number of nitrogens with one attached hydrogen (secondary N) is 2. The Bertz CT molecular complexity index is 650. The highest BCUT2D eigenvalue weighted by molar-refractivity contribution is 6.32. The highest BCUT2D eigenvalue weighted by Gasteiger charge is 2.17. The Labute approximate surface area is 139 Å². The average Bonchev–Trinajstić information content (AvgIpc) is 2.90. The molecule has 1 heterocycles. The lowest BCUT2D eigenvalue weighted by Gasteiger charge is -2.20. The molecule has 2 N–H and O–H groups in total. The van der Waals surface area contributed by atoms with E-state index < -0.39 is 0 Å². The van der Waals surface area contributed by atoms with Gasteiger partial charge in [-0.2, -0.15) is 0 Å². The predicted octanol–water partition coefficient (Wildman–Crippen LogP) is 2.11. The lowest BCUT2D eigenvalue weighted by atomic mass is 10.1. The van der Waals surface area contributed by atoms with Gasteiger partial charge in [-0.3, -0.25) is 9.59 Å². The molecule has 124 valence electrons. The largest absolute Gasteiger partial charge is 0.454 e. The molecule has 1 aliphatic rings. The Morgan fingerprint density at radius 3 is 2.74 bits per heavy atom. The molecular formula is C16H19ClN2O4. The van der Waals surface area contributed by atoms with Gasteiger partial charge in [0, 0.05) is 11.6 Å². The summed E-state index contributed by atoms with van der Waals surface area (Å²) in [6, 6.07) is 3.40. The van der Waals surface area contributed by atoms with Gasteiger partial charge in [0.1, 0.15) is 0 Å². The maximum atomic E-state index is 11.7. The first kappa shape index (κ1) is 17.1. The summed E-state index contributed by atoms with van der Waals surface area (Å²) in [5.41, 5.74) is 0.370. The second kappa shape index (κ2) is 6.91. The lowest BCUT2D eigenvalue weighted by Crippen LogP contribution is -2.45. The van der Waals surface area contributed by atoms with Crippen LogP contribution in [0.15, 0.2) is 18.2 Å². The van der Waals surface area contributed by atoms with E-state index in [1.807, 2.05) is 20.8 Å². The monoisotopic (exact) mass is 338 g/mol. The van der Waals surface area contributed by atoms with Gasteiger partial charge in [-0.05, 0) is 44.5 Å². The molecule has 1 aliphatic heterocycles. The minimum atomic E-state index is -0.372. The van der Waals surface area contributed by atoms with Crippen LogP contribution in [-0.4, -0.2) is 30.7 Å². The smallest absolute Gasteiger partial charge is 0.244 e. The summed E-state index contributed by atoms with van der Waals surface area (Å²) in [7, 11) is 0. The number of hydrogen-bond donors (Lipinski definition) is 2. The molecule has 0 saturated carbocycles. The molecule has 0 saturated heterocycles. The van der Waals surface area contributed by atoms with Gasteiger partial charge in [-0.25, -0.2) is 0 Å². The minimum Gasteiger partial charge on any atom is -0.454 e. The second-order valence-corrected chi connectivity index (χ2v) is 6.49. The van der Waals surface area contributed by atoms with Crippen molar-refractivity contribution in [2.45, 2.75) is 26.3 Å². The first-order chi connectivity index (χ1) is 10.7. The Hall–Kier alpha value is -2.21. The quantitative estimate of drug-likeness (QED) is 0.824. The first-order valence-corrected chi connectivity index (χ1v) is 7.48. The van der Waals surface area contributed by atoms with Crippen molar-refractivity contribution in [2.75, 3.05) is 13.3 Å². The number of amides is 2. The van der Waals surface area contributed by atoms with Crippen LogP contribution in [0, 0.1) is 0 Å². The van der Waals surface area contributed by atoms with E-state index in [1.54, 1.807) is 18.2 Å². The molecule has 0 aliphatic carbocycles. The topological polar surface area (TPSA) is 76.7 Å². The number of fused-ring (bicyclic) bond motifs is 1. The van der Waals surface area contributed by atoms with Gasteiger partial charge in [-0.15, -0.1) is 0 Å². The van der Waals surface area contributed by atoms with E-state index in [0.29, 0.717) is 22.1 Å². The Morgan fingerprint density at radius 2 is 2.04 bits per heavy atom. The van der Waals surface area contributed by atoms with Crippen molar-refractivity contribution in [1.82, 2.24) is 10.6 Å². The van der Waals surface area contributed by atoms with E-state index in [-0.39, 0.29) is 30.7 Å². The summed E-state index contributed by atoms with van der Waals surface area (Å²) in [4.78, 5) is 23.4. The van der Waals surface area contributed by atoms with Crippen molar-refractivity contribution < 1.29 is 19.1 Å². The second-order valence-electron chi connectivity index (χ2n) is 6.09. The van der Waals surface area contributed by atoms with E-state index in [1.165, 1.54) is 6.08 Å². The van der Waals surface area contributed by atoms with Gasteiger partial charge >= 0.3 is 0 Å². The van der Waals surface area contributed by atoms with Crippen LogP contribution in [0.3, 0.4) is 0 Å². The zero-order chi connectivity index (χ0) is 17.0. The molecule has 2 amide bonds. The van der Waals surface area contributed by atoms with Gasteiger partial charge in [0.2, 0.25) is 18.6 Å². The number of rotatable bonds is 4. The molecule has 7 heteroatoms. The average molecular weight is 339 g/mol. The highest BCUT2D eigenvalue weighted by atomic mass is 35.5. The van der Waals surface area contributed by atoms with Crippen molar-refractivity contribution in [1.29, 1.82) is 0 Å². The fourth-order valence-electron chi connectivity index (χ4n) is 1.94. The number of carbonyl (C=O) groups excluding carboxylic acids is 2. The Balaban J connectivity index is 1.89. The number of ether oxygens (including phenoxy) is 2. The Morgan fingerprint density at radius 1 is 1.30 bits per heavy atom. The molecule has 0 atom stereocenters. The van der Waals surface area contributed by atoms with Crippen LogP contribution in [0.25, 0.3) is 6.08 Å². The number of halogens is 1. The standard InChI is InChI=1S/C16H19ClN2O4/c1-16(2,3)19-14(21)8-18-13(20)5-4-10-6-11(17)15-12(7-10)22-9-23-15/h4-7H,8-9H2,1-3H3,(H,18,20)(H,19,21)/b5-4+. The van der Waals surface area contributed by atoms with E-state index in [4.69, 9.17) is 21.1 Å². The number of carbonyl (C=O) groups is 2. The molecule has 1 aromatic carbocycles. The van der Waals surface area contributed by atoms with Gasteiger partial charge in [0.15, 0.2) is 11.5 Å². The third kappa shape index (κ3) is 5.17. The molecule has 0 unspecified atom stereocenters. The number of benzene rings is 1. The third-order valence-electron chi connectivity index (χ3n) is 2.81. The third-order valence-corrected chi connectivity index (χ3v) is 3.10. The molecular weight excluding hydrogens is 320 g/mol. The van der Waals surface area contributed by atoms with Crippen molar-refractivity contribution in [3.63, 3.8) is 0 Å². The van der Waals surface area contributed by atoms with E-state index >= 15 is 0 Å². The van der Waals surface area contributed by atoms with E-state index in [9.17, 15) is 9.59 Å². The summed E-state index contributed by atoms with van der Waals surface area (Å²) in [5, 5.41) is 5.69. The molecule has 0 radical (unpaired) electrons. The molecule has 2 rings (SSSR count). The molecule has 0 spiro atoms. The fourth-order valence-corrected chi connectivity index (χ4v) is 2.22. The summed E-state index contributed by atoms with van der Waals surface area (Å²) in [6.45, 7) is 5.66. The molecule has 0 fully saturated rings. The SMILES string of the molecule is CC(C)(C)NC(=O)CNC(=O)/C=C/c1cc(Cl)c2c(c1)OCO2. The summed E-state index contributed by atoms with van der Waals surface area (Å²) in [5.74, 6) is 0.433. The summed E-state index contributed by atoms with van der Waals surface area (Å²) >= 11 is 6.06. The summed E-state index contributed by atoms with van der Waals surface area (Å²) in [6.07, 6.45) is 2.92. The van der Waals surface area contributed by atoms with Crippen molar-refractivity contribution in [3.05, 3.63) is 28.8 Å².